The van der Waals surface area contributed by atoms with E-state index in [0.29, 0.717) is 18.1 Å². The SMILES string of the molecule is CC(C)CCCCCCCNCC(C)NCC(C)NCC(C)NCC(C)N. The van der Waals surface area contributed by atoms with Crippen LogP contribution in [0.5, 0.6) is 0 Å². The lowest BCUT2D eigenvalue weighted by Gasteiger charge is -2.22. The van der Waals surface area contributed by atoms with Crippen molar-refractivity contribution >= 4 is 0 Å². The Morgan fingerprint density at radius 2 is 1.07 bits per heavy atom. The minimum Gasteiger partial charge on any atom is -0.327 e. The van der Waals surface area contributed by atoms with E-state index in [0.717, 1.165) is 38.6 Å². The van der Waals surface area contributed by atoms with Crippen molar-refractivity contribution in [3.05, 3.63) is 0 Å². The maximum atomic E-state index is 5.77. The van der Waals surface area contributed by atoms with E-state index < -0.39 is 0 Å². The monoisotopic (exact) mass is 385 g/mol. The molecule has 0 amide bonds. The average Bonchev–Trinajstić information content (AvgIpc) is 2.61. The second-order valence-electron chi connectivity index (χ2n) is 9.06. The summed E-state index contributed by atoms with van der Waals surface area (Å²) in [6, 6.07) is 1.64. The van der Waals surface area contributed by atoms with Gasteiger partial charge in [-0.1, -0.05) is 46.0 Å². The Balaban J connectivity index is 3.45. The minimum absolute atomic E-state index is 0.213. The van der Waals surface area contributed by atoms with Crippen LogP contribution in [-0.2, 0) is 0 Å². The molecule has 0 rings (SSSR count). The third kappa shape index (κ3) is 20.3. The molecular formula is C22H51N5. The molecule has 0 aromatic heterocycles. The highest BCUT2D eigenvalue weighted by Crippen LogP contribution is 2.10. The number of hydrogen-bond donors (Lipinski definition) is 5. The van der Waals surface area contributed by atoms with Gasteiger partial charge in [0.05, 0.1) is 0 Å². The molecule has 0 radical (unpaired) electrons. The predicted octanol–water partition coefficient (Wildman–Crippen LogP) is 2.85. The fraction of sp³-hybridized carbons (Fsp3) is 1.00. The van der Waals surface area contributed by atoms with Gasteiger partial charge < -0.3 is 27.0 Å². The quantitative estimate of drug-likeness (QED) is 0.221. The molecule has 0 heterocycles. The van der Waals surface area contributed by atoms with E-state index in [4.69, 9.17) is 5.73 Å². The zero-order valence-corrected chi connectivity index (χ0v) is 19.2. The molecule has 4 atom stereocenters. The summed E-state index contributed by atoms with van der Waals surface area (Å²) in [6.45, 7) is 18.4. The Kier molecular flexibility index (Phi) is 17.7. The number of nitrogens with one attached hydrogen (secondary N) is 4. The fourth-order valence-electron chi connectivity index (χ4n) is 3.01. The van der Waals surface area contributed by atoms with Crippen molar-refractivity contribution in [2.24, 2.45) is 11.7 Å². The molecule has 27 heavy (non-hydrogen) atoms. The molecule has 4 unspecified atom stereocenters. The first-order chi connectivity index (χ1) is 12.8. The summed E-state index contributed by atoms with van der Waals surface area (Å²) in [4.78, 5) is 0. The van der Waals surface area contributed by atoms with Crippen molar-refractivity contribution < 1.29 is 0 Å². The van der Waals surface area contributed by atoms with Gasteiger partial charge in [0.1, 0.15) is 0 Å². The lowest BCUT2D eigenvalue weighted by Crippen LogP contribution is -2.47. The van der Waals surface area contributed by atoms with Crippen molar-refractivity contribution in [3.8, 4) is 0 Å². The normalized spacial score (nSPS) is 16.4. The van der Waals surface area contributed by atoms with E-state index in [9.17, 15) is 0 Å². The second-order valence-corrected chi connectivity index (χ2v) is 9.06. The third-order valence-corrected chi connectivity index (χ3v) is 4.92. The van der Waals surface area contributed by atoms with Gasteiger partial charge in [0, 0.05) is 50.3 Å². The van der Waals surface area contributed by atoms with Gasteiger partial charge >= 0.3 is 0 Å². The summed E-state index contributed by atoms with van der Waals surface area (Å²) in [6.07, 6.45) is 8.25. The molecule has 0 fully saturated rings. The number of rotatable bonds is 19. The first-order valence-electron chi connectivity index (χ1n) is 11.5. The van der Waals surface area contributed by atoms with Gasteiger partial charge in [-0.2, -0.15) is 0 Å². The molecule has 0 saturated heterocycles. The van der Waals surface area contributed by atoms with Gasteiger partial charge in [0.15, 0.2) is 0 Å². The van der Waals surface area contributed by atoms with Crippen LogP contribution in [0.2, 0.25) is 0 Å². The number of unbranched alkanes of at least 4 members (excludes halogenated alkanes) is 4. The molecule has 0 spiro atoms. The van der Waals surface area contributed by atoms with E-state index in [1.54, 1.807) is 0 Å². The minimum atomic E-state index is 0.213. The summed E-state index contributed by atoms with van der Waals surface area (Å²) < 4.78 is 0. The molecule has 0 saturated carbocycles. The lowest BCUT2D eigenvalue weighted by atomic mass is 10.0. The average molecular weight is 386 g/mol. The maximum absolute atomic E-state index is 5.77. The van der Waals surface area contributed by atoms with Crippen molar-refractivity contribution in [2.75, 3.05) is 32.7 Å². The fourth-order valence-corrected chi connectivity index (χ4v) is 3.01. The van der Waals surface area contributed by atoms with E-state index in [1.807, 2.05) is 6.92 Å². The Morgan fingerprint density at radius 1 is 0.593 bits per heavy atom. The van der Waals surface area contributed by atoms with Crippen LogP contribution in [0, 0.1) is 5.92 Å². The van der Waals surface area contributed by atoms with E-state index in [2.05, 4.69) is 55.9 Å². The molecule has 0 aliphatic heterocycles. The lowest BCUT2D eigenvalue weighted by molar-refractivity contribution is 0.414. The Labute approximate surface area is 170 Å². The van der Waals surface area contributed by atoms with Gasteiger partial charge in [-0.15, -0.1) is 0 Å². The zero-order valence-electron chi connectivity index (χ0n) is 19.2. The molecular weight excluding hydrogens is 334 g/mol. The van der Waals surface area contributed by atoms with Crippen molar-refractivity contribution in [3.63, 3.8) is 0 Å². The summed E-state index contributed by atoms with van der Waals surface area (Å²) in [7, 11) is 0. The standard InChI is InChI=1S/C22H51N5/c1-18(2)12-10-8-7-9-11-13-24-15-20(4)26-17-22(6)27-16-21(5)25-14-19(3)23/h18-22,24-27H,7-17,23H2,1-6H3. The summed E-state index contributed by atoms with van der Waals surface area (Å²) in [5, 5.41) is 14.2. The molecule has 164 valence electrons. The summed E-state index contributed by atoms with van der Waals surface area (Å²) >= 11 is 0. The van der Waals surface area contributed by atoms with Crippen LogP contribution in [0.3, 0.4) is 0 Å². The Morgan fingerprint density at radius 3 is 1.63 bits per heavy atom. The van der Waals surface area contributed by atoms with Crippen LogP contribution in [0.1, 0.15) is 80.1 Å². The van der Waals surface area contributed by atoms with E-state index >= 15 is 0 Å². The van der Waals surface area contributed by atoms with Crippen LogP contribution >= 0.6 is 0 Å². The topological polar surface area (TPSA) is 74.1 Å². The van der Waals surface area contributed by atoms with Gasteiger partial charge in [-0.3, -0.25) is 0 Å². The molecule has 0 aliphatic carbocycles. The van der Waals surface area contributed by atoms with Gasteiger partial charge in [0.25, 0.3) is 0 Å². The highest BCUT2D eigenvalue weighted by Gasteiger charge is 2.07. The molecule has 0 bridgehead atoms. The first-order valence-corrected chi connectivity index (χ1v) is 11.5. The maximum Gasteiger partial charge on any atom is 0.0164 e. The largest absolute Gasteiger partial charge is 0.327 e. The highest BCUT2D eigenvalue weighted by atomic mass is 15.0. The predicted molar refractivity (Wildman–Crippen MR) is 121 cm³/mol. The second kappa shape index (κ2) is 17.9. The van der Waals surface area contributed by atoms with Gasteiger partial charge in [0.2, 0.25) is 0 Å². The van der Waals surface area contributed by atoms with Crippen LogP contribution in [0.4, 0.5) is 0 Å². The Bertz CT molecular complexity index is 309. The molecule has 0 aromatic rings. The highest BCUT2D eigenvalue weighted by molar-refractivity contribution is 4.73. The summed E-state index contributed by atoms with van der Waals surface area (Å²) in [5.74, 6) is 0.860. The van der Waals surface area contributed by atoms with Crippen molar-refractivity contribution in [1.82, 2.24) is 21.3 Å². The zero-order chi connectivity index (χ0) is 20.5. The smallest absolute Gasteiger partial charge is 0.0164 e. The first kappa shape index (κ1) is 26.8. The van der Waals surface area contributed by atoms with Crippen LogP contribution < -0.4 is 27.0 Å². The van der Waals surface area contributed by atoms with Crippen LogP contribution in [-0.4, -0.2) is 56.9 Å². The van der Waals surface area contributed by atoms with E-state index in [-0.39, 0.29) is 6.04 Å². The van der Waals surface area contributed by atoms with Crippen LogP contribution in [0.15, 0.2) is 0 Å². The summed E-state index contributed by atoms with van der Waals surface area (Å²) in [5.41, 5.74) is 5.77. The number of nitrogens with two attached hydrogens (primary N) is 1. The number of hydrogen-bond acceptors (Lipinski definition) is 5. The van der Waals surface area contributed by atoms with Gasteiger partial charge in [-0.05, 0) is 46.6 Å². The van der Waals surface area contributed by atoms with Crippen LogP contribution in [0.25, 0.3) is 0 Å². The van der Waals surface area contributed by atoms with Crippen molar-refractivity contribution in [1.29, 1.82) is 0 Å². The molecule has 0 aliphatic rings. The Hall–Kier alpha value is -0.200. The van der Waals surface area contributed by atoms with Crippen molar-refractivity contribution in [2.45, 2.75) is 104 Å². The molecule has 5 nitrogen and oxygen atoms in total. The van der Waals surface area contributed by atoms with E-state index in [1.165, 1.54) is 38.5 Å². The molecule has 5 heteroatoms. The molecule has 0 aromatic carbocycles. The molecule has 6 N–H and O–H groups in total. The third-order valence-electron chi connectivity index (χ3n) is 4.92. The van der Waals surface area contributed by atoms with Gasteiger partial charge in [-0.25, -0.2) is 0 Å².